The number of methoxy groups -OCH3 is 1. The number of halogens is 1. The maximum atomic E-state index is 6.54. The van der Waals surface area contributed by atoms with E-state index in [0.29, 0.717) is 15.9 Å². The van der Waals surface area contributed by atoms with Gasteiger partial charge in [0.15, 0.2) is 5.11 Å². The second-order valence-electron chi connectivity index (χ2n) is 9.39. The van der Waals surface area contributed by atoms with Crippen LogP contribution in [0.2, 0.25) is 5.02 Å². The summed E-state index contributed by atoms with van der Waals surface area (Å²) in [5.74, 6) is 0.626. The van der Waals surface area contributed by atoms with Gasteiger partial charge < -0.3 is 24.4 Å². The first kappa shape index (κ1) is 25.1. The minimum absolute atomic E-state index is 0.132. The zero-order valence-electron chi connectivity index (χ0n) is 21.6. The molecule has 0 unspecified atom stereocenters. The maximum absolute atomic E-state index is 6.54. The summed E-state index contributed by atoms with van der Waals surface area (Å²) in [6.45, 7) is 4.31. The lowest BCUT2D eigenvalue weighted by molar-refractivity contribution is 0.415. The van der Waals surface area contributed by atoms with Gasteiger partial charge in [0.2, 0.25) is 0 Å². The van der Waals surface area contributed by atoms with Gasteiger partial charge in [0.1, 0.15) is 5.75 Å². The second-order valence-corrected chi connectivity index (χ2v) is 10.2. The molecule has 0 amide bonds. The molecule has 0 radical (unpaired) electrons. The Morgan fingerprint density at radius 1 is 1.00 bits per heavy atom. The molecule has 5 rings (SSSR count). The number of hydrogen-bond acceptors (Lipinski definition) is 4. The third-order valence-corrected chi connectivity index (χ3v) is 7.53. The normalized spacial score (nSPS) is 17.1. The van der Waals surface area contributed by atoms with E-state index >= 15 is 0 Å². The molecule has 37 heavy (non-hydrogen) atoms. The van der Waals surface area contributed by atoms with E-state index in [1.807, 2.05) is 56.7 Å². The van der Waals surface area contributed by atoms with Crippen LogP contribution in [0.1, 0.15) is 34.7 Å². The molecule has 6 nitrogen and oxygen atoms in total. The molecule has 0 aliphatic carbocycles. The van der Waals surface area contributed by atoms with E-state index < -0.39 is 0 Å². The molecule has 3 heterocycles. The van der Waals surface area contributed by atoms with Crippen LogP contribution in [-0.4, -0.2) is 35.9 Å². The van der Waals surface area contributed by atoms with Crippen LogP contribution in [0, 0.1) is 13.8 Å². The Hall–Kier alpha value is -3.55. The quantitative estimate of drug-likeness (QED) is 0.291. The molecule has 1 aliphatic heterocycles. The van der Waals surface area contributed by atoms with Gasteiger partial charge in [-0.2, -0.15) is 0 Å². The van der Waals surface area contributed by atoms with Crippen molar-refractivity contribution in [3.05, 3.63) is 101 Å². The zero-order valence-corrected chi connectivity index (χ0v) is 23.1. The Kier molecular flexibility index (Phi) is 6.84. The number of rotatable bonds is 6. The summed E-state index contributed by atoms with van der Waals surface area (Å²) < 4.78 is 7.68. The highest BCUT2D eigenvalue weighted by Gasteiger charge is 2.42. The number of hydrogen-bond donors (Lipinski definition) is 1. The number of aromatic nitrogens is 2. The summed E-state index contributed by atoms with van der Waals surface area (Å²) in [5.41, 5.74) is 7.57. The summed E-state index contributed by atoms with van der Waals surface area (Å²) in [5, 5.41) is 4.70. The summed E-state index contributed by atoms with van der Waals surface area (Å²) >= 11 is 12.4. The molecule has 2 atom stereocenters. The third-order valence-electron chi connectivity index (χ3n) is 6.92. The molecule has 2 aromatic heterocycles. The average molecular weight is 532 g/mol. The Labute approximate surface area is 228 Å². The predicted octanol–water partition coefficient (Wildman–Crippen LogP) is 6.39. The topological polar surface area (TPSA) is 45.6 Å². The number of aryl methyl sites for hydroxylation is 1. The van der Waals surface area contributed by atoms with Crippen molar-refractivity contribution in [1.29, 1.82) is 0 Å². The molecular formula is C29H30ClN5OS. The van der Waals surface area contributed by atoms with Crippen LogP contribution in [0.4, 0.5) is 11.4 Å². The number of pyridine rings is 1. The van der Waals surface area contributed by atoms with Gasteiger partial charge in [-0.15, -0.1) is 0 Å². The lowest BCUT2D eigenvalue weighted by Gasteiger charge is -2.28. The van der Waals surface area contributed by atoms with Crippen molar-refractivity contribution in [3.63, 3.8) is 0 Å². The fourth-order valence-corrected chi connectivity index (χ4v) is 5.74. The van der Waals surface area contributed by atoms with Crippen LogP contribution in [0.15, 0.2) is 72.9 Å². The monoisotopic (exact) mass is 531 g/mol. The first-order valence-corrected chi connectivity index (χ1v) is 12.9. The van der Waals surface area contributed by atoms with Crippen molar-refractivity contribution in [2.45, 2.75) is 25.9 Å². The SMILES string of the molecule is COc1ccc(N2C(=S)N[C@@H](c3ccccn3)[C@@H]2c2cc(C)n(-c3ccc(N(C)C)cc3)c2C)cc1Cl. The molecule has 0 bridgehead atoms. The van der Waals surface area contributed by atoms with E-state index in [1.54, 1.807) is 7.11 Å². The minimum Gasteiger partial charge on any atom is -0.495 e. The Balaban J connectivity index is 1.65. The standard InChI is InChI=1S/C29H30ClN5OS/c1-18-16-23(19(2)34(18)21-11-9-20(10-12-21)33(3)4)28-27(25-8-6-7-15-31-25)32-29(37)35(28)22-13-14-26(36-5)24(30)17-22/h6-17,27-28H,1-5H3,(H,32,37)/t27-,28-/m0/s1. The Bertz CT molecular complexity index is 1430. The van der Waals surface area contributed by atoms with Gasteiger partial charge in [0, 0.05) is 48.7 Å². The number of thiocarbonyl (C=S) groups is 1. The summed E-state index contributed by atoms with van der Waals surface area (Å²) in [7, 11) is 5.71. The van der Waals surface area contributed by atoms with Gasteiger partial charge in [-0.25, -0.2) is 0 Å². The van der Waals surface area contributed by atoms with E-state index in [0.717, 1.165) is 34.1 Å². The lowest BCUT2D eigenvalue weighted by Crippen LogP contribution is -2.29. The zero-order chi connectivity index (χ0) is 26.3. The highest BCUT2D eigenvalue weighted by atomic mass is 35.5. The molecule has 1 N–H and O–H groups in total. The maximum Gasteiger partial charge on any atom is 0.174 e. The van der Waals surface area contributed by atoms with Crippen LogP contribution in [0.5, 0.6) is 5.75 Å². The number of benzene rings is 2. The molecule has 190 valence electrons. The highest BCUT2D eigenvalue weighted by Crippen LogP contribution is 2.45. The fraction of sp³-hybridized carbons (Fsp3) is 0.241. The number of anilines is 2. The molecule has 1 saturated heterocycles. The lowest BCUT2D eigenvalue weighted by atomic mass is 9.96. The number of nitrogens with zero attached hydrogens (tertiary/aromatic N) is 4. The van der Waals surface area contributed by atoms with Crippen LogP contribution in [-0.2, 0) is 0 Å². The van der Waals surface area contributed by atoms with E-state index in [1.165, 1.54) is 5.56 Å². The predicted molar refractivity (Wildman–Crippen MR) is 156 cm³/mol. The van der Waals surface area contributed by atoms with Gasteiger partial charge in [-0.05, 0) is 92.3 Å². The molecule has 0 saturated carbocycles. The first-order chi connectivity index (χ1) is 17.8. The fourth-order valence-electron chi connectivity index (χ4n) is 5.14. The van der Waals surface area contributed by atoms with Gasteiger partial charge >= 0.3 is 0 Å². The van der Waals surface area contributed by atoms with Crippen LogP contribution in [0.3, 0.4) is 0 Å². The summed E-state index contributed by atoms with van der Waals surface area (Å²) in [6.07, 6.45) is 1.82. The highest BCUT2D eigenvalue weighted by molar-refractivity contribution is 7.80. The molecule has 1 aliphatic rings. The van der Waals surface area contributed by atoms with E-state index in [-0.39, 0.29) is 12.1 Å². The van der Waals surface area contributed by atoms with Crippen molar-refractivity contribution in [3.8, 4) is 11.4 Å². The van der Waals surface area contributed by atoms with Crippen LogP contribution >= 0.6 is 23.8 Å². The number of ether oxygens (including phenoxy) is 1. The Morgan fingerprint density at radius 2 is 1.73 bits per heavy atom. The van der Waals surface area contributed by atoms with Crippen molar-refractivity contribution in [2.75, 3.05) is 31.0 Å². The van der Waals surface area contributed by atoms with Crippen molar-refractivity contribution < 1.29 is 4.74 Å². The van der Waals surface area contributed by atoms with Crippen molar-refractivity contribution >= 4 is 40.3 Å². The second kappa shape index (κ2) is 10.1. The molecule has 0 spiro atoms. The van der Waals surface area contributed by atoms with Gasteiger partial charge in [0.25, 0.3) is 0 Å². The molecule has 1 fully saturated rings. The largest absolute Gasteiger partial charge is 0.495 e. The smallest absolute Gasteiger partial charge is 0.174 e. The Morgan fingerprint density at radius 3 is 2.35 bits per heavy atom. The first-order valence-electron chi connectivity index (χ1n) is 12.1. The third kappa shape index (κ3) is 4.54. The summed E-state index contributed by atoms with van der Waals surface area (Å²) in [4.78, 5) is 8.92. The van der Waals surface area contributed by atoms with Gasteiger partial charge in [-0.3, -0.25) is 4.98 Å². The van der Waals surface area contributed by atoms with E-state index in [2.05, 4.69) is 68.8 Å². The average Bonchev–Trinajstić information content (AvgIpc) is 3.39. The summed E-state index contributed by atoms with van der Waals surface area (Å²) in [6, 6.07) is 22.3. The van der Waals surface area contributed by atoms with Crippen LogP contribution in [0.25, 0.3) is 5.69 Å². The van der Waals surface area contributed by atoms with E-state index in [4.69, 9.17) is 28.6 Å². The van der Waals surface area contributed by atoms with Gasteiger partial charge in [0.05, 0.1) is 29.9 Å². The van der Waals surface area contributed by atoms with E-state index in [9.17, 15) is 0 Å². The van der Waals surface area contributed by atoms with Crippen molar-refractivity contribution in [2.24, 2.45) is 0 Å². The molecule has 2 aromatic carbocycles. The minimum atomic E-state index is -0.139. The van der Waals surface area contributed by atoms with Crippen molar-refractivity contribution in [1.82, 2.24) is 14.9 Å². The molecule has 4 aromatic rings. The van der Waals surface area contributed by atoms with Crippen LogP contribution < -0.4 is 19.9 Å². The molecule has 8 heteroatoms. The van der Waals surface area contributed by atoms with Gasteiger partial charge in [-0.1, -0.05) is 17.7 Å². The number of nitrogens with one attached hydrogen (secondary N) is 1. The molecular weight excluding hydrogens is 502 g/mol.